The molecule has 7 heteroatoms. The molecule has 0 unspecified atom stereocenters. The Bertz CT molecular complexity index is 819. The van der Waals surface area contributed by atoms with E-state index in [1.807, 2.05) is 12.1 Å². The van der Waals surface area contributed by atoms with Gasteiger partial charge in [-0.1, -0.05) is 23.7 Å². The second-order valence-electron chi connectivity index (χ2n) is 6.11. The summed E-state index contributed by atoms with van der Waals surface area (Å²) in [5.41, 5.74) is 0.976. The van der Waals surface area contributed by atoms with E-state index in [2.05, 4.69) is 0 Å². The van der Waals surface area contributed by atoms with Crippen molar-refractivity contribution in [2.24, 2.45) is 0 Å². The fourth-order valence-electron chi connectivity index (χ4n) is 2.86. The van der Waals surface area contributed by atoms with E-state index in [-0.39, 0.29) is 23.8 Å². The number of hydrogen-bond acceptors (Lipinski definition) is 2. The van der Waals surface area contributed by atoms with Gasteiger partial charge in [-0.25, -0.2) is 8.78 Å². The summed E-state index contributed by atoms with van der Waals surface area (Å²) in [7, 11) is 0. The van der Waals surface area contributed by atoms with Gasteiger partial charge in [0.05, 0.1) is 6.42 Å². The average molecular weight is 379 g/mol. The minimum atomic E-state index is -1.05. The van der Waals surface area contributed by atoms with Crippen LogP contribution in [-0.2, 0) is 11.2 Å². The molecule has 0 aliphatic carbocycles. The molecule has 0 aromatic heterocycles. The number of amides is 2. The second kappa shape index (κ2) is 7.83. The lowest BCUT2D eigenvalue weighted by atomic mass is 10.1. The highest BCUT2D eigenvalue weighted by Gasteiger charge is 2.25. The maximum absolute atomic E-state index is 13.3. The maximum atomic E-state index is 13.3. The summed E-state index contributed by atoms with van der Waals surface area (Å²) in [6, 6.07) is 10.2. The molecule has 0 saturated carbocycles. The summed E-state index contributed by atoms with van der Waals surface area (Å²) in [4.78, 5) is 28.0. The summed E-state index contributed by atoms with van der Waals surface area (Å²) in [5.74, 6) is -2.42. The predicted octanol–water partition coefficient (Wildman–Crippen LogP) is 3.15. The van der Waals surface area contributed by atoms with Crippen LogP contribution < -0.4 is 0 Å². The van der Waals surface area contributed by atoms with Crippen LogP contribution in [0.15, 0.2) is 42.5 Å². The second-order valence-corrected chi connectivity index (χ2v) is 6.54. The molecule has 0 spiro atoms. The number of carbonyl (C=O) groups excluding carboxylic acids is 2. The van der Waals surface area contributed by atoms with Crippen molar-refractivity contribution in [1.82, 2.24) is 9.80 Å². The predicted molar refractivity (Wildman–Crippen MR) is 94.0 cm³/mol. The van der Waals surface area contributed by atoms with Crippen molar-refractivity contribution in [3.8, 4) is 0 Å². The summed E-state index contributed by atoms with van der Waals surface area (Å²) in [6.45, 7) is 1.51. The number of hydrogen-bond donors (Lipinski definition) is 0. The lowest BCUT2D eigenvalue weighted by Gasteiger charge is -2.35. The molecule has 1 aliphatic heterocycles. The summed E-state index contributed by atoms with van der Waals surface area (Å²) < 4.78 is 26.3. The Morgan fingerprint density at radius 1 is 0.885 bits per heavy atom. The normalized spacial score (nSPS) is 14.4. The van der Waals surface area contributed by atoms with Gasteiger partial charge < -0.3 is 9.80 Å². The van der Waals surface area contributed by atoms with Crippen LogP contribution in [-0.4, -0.2) is 47.8 Å². The van der Waals surface area contributed by atoms with Gasteiger partial charge in [-0.15, -0.1) is 0 Å². The molecular formula is C19H17ClF2N2O2. The lowest BCUT2D eigenvalue weighted by molar-refractivity contribution is -0.131. The number of rotatable bonds is 3. The minimum absolute atomic E-state index is 0.0211. The Labute approximate surface area is 155 Å². The third-order valence-electron chi connectivity index (χ3n) is 4.35. The lowest BCUT2D eigenvalue weighted by Crippen LogP contribution is -2.51. The third kappa shape index (κ3) is 4.19. The molecule has 0 N–H and O–H groups in total. The highest BCUT2D eigenvalue weighted by atomic mass is 35.5. The highest BCUT2D eigenvalue weighted by Crippen LogP contribution is 2.14. The first-order valence-electron chi connectivity index (χ1n) is 8.20. The Morgan fingerprint density at radius 2 is 1.50 bits per heavy atom. The average Bonchev–Trinajstić information content (AvgIpc) is 2.65. The van der Waals surface area contributed by atoms with E-state index in [0.29, 0.717) is 31.2 Å². The molecule has 2 aromatic rings. The first-order valence-corrected chi connectivity index (χ1v) is 8.58. The SMILES string of the molecule is O=C(Cc1ccc(Cl)cc1)N1CCN(C(=O)c2ccc(F)c(F)c2)CC1. The van der Waals surface area contributed by atoms with Crippen LogP contribution in [0.3, 0.4) is 0 Å². The fraction of sp³-hybridized carbons (Fsp3) is 0.263. The van der Waals surface area contributed by atoms with E-state index < -0.39 is 11.6 Å². The number of halogens is 3. The fourth-order valence-corrected chi connectivity index (χ4v) is 2.99. The Morgan fingerprint density at radius 3 is 2.12 bits per heavy atom. The molecule has 1 heterocycles. The Kier molecular flexibility index (Phi) is 5.52. The van der Waals surface area contributed by atoms with Gasteiger partial charge in [0.2, 0.25) is 5.91 Å². The van der Waals surface area contributed by atoms with Crippen LogP contribution >= 0.6 is 11.6 Å². The quantitative estimate of drug-likeness (QED) is 0.823. The molecule has 1 saturated heterocycles. The molecule has 3 rings (SSSR count). The van der Waals surface area contributed by atoms with E-state index in [1.165, 1.54) is 6.07 Å². The molecule has 2 amide bonds. The highest BCUT2D eigenvalue weighted by molar-refractivity contribution is 6.30. The van der Waals surface area contributed by atoms with Crippen molar-refractivity contribution in [2.45, 2.75) is 6.42 Å². The van der Waals surface area contributed by atoms with Crippen LogP contribution in [0.25, 0.3) is 0 Å². The first kappa shape index (κ1) is 18.3. The largest absolute Gasteiger partial charge is 0.339 e. The molecule has 0 bridgehead atoms. The summed E-state index contributed by atoms with van der Waals surface area (Å²) in [5, 5.41) is 0.616. The molecule has 0 atom stereocenters. The van der Waals surface area contributed by atoms with Gasteiger partial charge in [0.1, 0.15) is 0 Å². The first-order chi connectivity index (χ1) is 12.4. The van der Waals surface area contributed by atoms with Crippen LogP contribution in [0.5, 0.6) is 0 Å². The van der Waals surface area contributed by atoms with Gasteiger partial charge in [-0.3, -0.25) is 9.59 Å². The van der Waals surface area contributed by atoms with E-state index in [1.54, 1.807) is 21.9 Å². The molecule has 1 fully saturated rings. The third-order valence-corrected chi connectivity index (χ3v) is 4.61. The van der Waals surface area contributed by atoms with Gasteiger partial charge in [0.25, 0.3) is 5.91 Å². The smallest absolute Gasteiger partial charge is 0.254 e. The number of benzene rings is 2. The molecule has 4 nitrogen and oxygen atoms in total. The van der Waals surface area contributed by atoms with E-state index in [0.717, 1.165) is 17.7 Å². The van der Waals surface area contributed by atoms with Crippen LogP contribution in [0.1, 0.15) is 15.9 Å². The molecule has 26 heavy (non-hydrogen) atoms. The molecule has 136 valence electrons. The molecule has 1 aliphatic rings. The van der Waals surface area contributed by atoms with E-state index >= 15 is 0 Å². The van der Waals surface area contributed by atoms with Gasteiger partial charge in [0, 0.05) is 36.8 Å². The zero-order valence-corrected chi connectivity index (χ0v) is 14.7. The van der Waals surface area contributed by atoms with Crippen molar-refractivity contribution in [1.29, 1.82) is 0 Å². The van der Waals surface area contributed by atoms with Crippen LogP contribution in [0.4, 0.5) is 8.78 Å². The summed E-state index contributed by atoms with van der Waals surface area (Å²) >= 11 is 5.83. The monoisotopic (exact) mass is 378 g/mol. The van der Waals surface area contributed by atoms with E-state index in [4.69, 9.17) is 11.6 Å². The summed E-state index contributed by atoms with van der Waals surface area (Å²) in [6.07, 6.45) is 0.272. The van der Waals surface area contributed by atoms with Crippen molar-refractivity contribution < 1.29 is 18.4 Å². The Balaban J connectivity index is 1.56. The molecule has 2 aromatic carbocycles. The maximum Gasteiger partial charge on any atom is 0.254 e. The standard InChI is InChI=1S/C19H17ClF2N2O2/c20-15-4-1-13(2-5-15)11-18(25)23-7-9-24(10-8-23)19(26)14-3-6-16(21)17(22)12-14/h1-6,12H,7-11H2. The van der Waals surface area contributed by atoms with Crippen molar-refractivity contribution in [3.05, 3.63) is 70.2 Å². The van der Waals surface area contributed by atoms with Crippen molar-refractivity contribution >= 4 is 23.4 Å². The molecule has 0 radical (unpaired) electrons. The zero-order chi connectivity index (χ0) is 18.7. The van der Waals surface area contributed by atoms with Gasteiger partial charge in [-0.2, -0.15) is 0 Å². The van der Waals surface area contributed by atoms with Crippen LogP contribution in [0, 0.1) is 11.6 Å². The molecular weight excluding hydrogens is 362 g/mol. The van der Waals surface area contributed by atoms with Gasteiger partial charge in [0.15, 0.2) is 11.6 Å². The number of piperazine rings is 1. The van der Waals surface area contributed by atoms with Gasteiger partial charge >= 0.3 is 0 Å². The number of nitrogens with zero attached hydrogens (tertiary/aromatic N) is 2. The van der Waals surface area contributed by atoms with Crippen molar-refractivity contribution in [2.75, 3.05) is 26.2 Å². The minimum Gasteiger partial charge on any atom is -0.339 e. The Hall–Kier alpha value is -2.47. The van der Waals surface area contributed by atoms with Crippen LogP contribution in [0.2, 0.25) is 5.02 Å². The topological polar surface area (TPSA) is 40.6 Å². The zero-order valence-electron chi connectivity index (χ0n) is 13.9. The van der Waals surface area contributed by atoms with E-state index in [9.17, 15) is 18.4 Å². The van der Waals surface area contributed by atoms with Gasteiger partial charge in [-0.05, 0) is 35.9 Å². The van der Waals surface area contributed by atoms with Crippen molar-refractivity contribution in [3.63, 3.8) is 0 Å². The number of carbonyl (C=O) groups is 2.